The van der Waals surface area contributed by atoms with Gasteiger partial charge in [-0.15, -0.1) is 0 Å². The van der Waals surface area contributed by atoms with E-state index < -0.39 is 78.7 Å². The highest BCUT2D eigenvalue weighted by molar-refractivity contribution is 5.94. The van der Waals surface area contributed by atoms with Gasteiger partial charge in [-0.25, -0.2) is 4.79 Å². The summed E-state index contributed by atoms with van der Waals surface area (Å²) in [6.45, 7) is 1.32. The van der Waals surface area contributed by atoms with Crippen LogP contribution in [0, 0.1) is 0 Å². The number of aliphatic imine (C=N–C) groups is 1. The molecule has 0 aliphatic heterocycles. The van der Waals surface area contributed by atoms with Crippen LogP contribution >= 0.6 is 0 Å². The molecule has 0 spiro atoms. The molecule has 0 radical (unpaired) electrons. The van der Waals surface area contributed by atoms with Crippen molar-refractivity contribution in [3.8, 4) is 0 Å². The van der Waals surface area contributed by atoms with E-state index >= 15 is 0 Å². The van der Waals surface area contributed by atoms with Gasteiger partial charge in [0.15, 0.2) is 12.0 Å². The molecule has 0 saturated heterocycles. The predicted molar refractivity (Wildman–Crippen MR) is 128 cm³/mol. The lowest BCUT2D eigenvalue weighted by molar-refractivity contribution is -0.145. The molecule has 0 aromatic carbocycles. The number of amides is 4. The third-order valence-corrected chi connectivity index (χ3v) is 4.94. The normalized spacial score (nSPS) is 14.7. The van der Waals surface area contributed by atoms with Crippen LogP contribution in [0.1, 0.15) is 45.4 Å². The Bertz CT molecular complexity index is 861. The summed E-state index contributed by atoms with van der Waals surface area (Å²) in [5.74, 6) is -6.60. The maximum Gasteiger partial charge on any atom is 0.328 e. The summed E-state index contributed by atoms with van der Waals surface area (Å²) in [5.41, 5.74) is 21.4. The van der Waals surface area contributed by atoms with Gasteiger partial charge in [0.1, 0.15) is 12.1 Å². The first-order valence-corrected chi connectivity index (χ1v) is 11.3. The van der Waals surface area contributed by atoms with Crippen molar-refractivity contribution in [2.45, 2.75) is 75.7 Å². The summed E-state index contributed by atoms with van der Waals surface area (Å²) >= 11 is 0. The topological polar surface area (TPSA) is 316 Å². The smallest absolute Gasteiger partial charge is 0.328 e. The summed E-state index contributed by atoms with van der Waals surface area (Å²) < 4.78 is 0. The minimum atomic E-state index is -1.74. The number of hydrogen-bond acceptors (Lipinski definition) is 9. The molecule has 17 nitrogen and oxygen atoms in total. The van der Waals surface area contributed by atoms with Crippen LogP contribution in [0.4, 0.5) is 0 Å². The van der Waals surface area contributed by atoms with Crippen LogP contribution in [0.25, 0.3) is 0 Å². The molecule has 0 rings (SSSR count). The Morgan fingerprint density at radius 2 is 1.32 bits per heavy atom. The molecule has 0 fully saturated rings. The molecule has 0 bridgehead atoms. The number of aliphatic hydroxyl groups is 1. The molecule has 4 amide bonds. The van der Waals surface area contributed by atoms with E-state index in [9.17, 15) is 33.9 Å². The highest BCUT2D eigenvalue weighted by Crippen LogP contribution is 2.06. The summed E-state index contributed by atoms with van der Waals surface area (Å²) in [5, 5.41) is 34.3. The van der Waals surface area contributed by atoms with Crippen LogP contribution in [-0.4, -0.2) is 93.7 Å². The number of aliphatic hydroxyl groups excluding tert-OH is 1. The zero-order valence-corrected chi connectivity index (χ0v) is 20.4. The second-order valence-electron chi connectivity index (χ2n) is 8.18. The molecule has 0 saturated carbocycles. The molecule has 14 N–H and O–H groups in total. The number of aliphatic carboxylic acids is 2. The Kier molecular flexibility index (Phi) is 14.8. The van der Waals surface area contributed by atoms with Gasteiger partial charge in [0.2, 0.25) is 23.6 Å². The van der Waals surface area contributed by atoms with Gasteiger partial charge >= 0.3 is 11.9 Å². The maximum absolute atomic E-state index is 12.9. The molecular formula is C20H36N8O9. The lowest BCUT2D eigenvalue weighted by Gasteiger charge is -2.25. The average molecular weight is 533 g/mol. The van der Waals surface area contributed by atoms with E-state index in [0.717, 1.165) is 6.92 Å². The van der Waals surface area contributed by atoms with E-state index in [1.165, 1.54) is 0 Å². The Morgan fingerprint density at radius 1 is 0.811 bits per heavy atom. The SMILES string of the molecule is CC(O)C(NC(=O)C(CCC(=O)O)NC(=O)C(CCC(N)=O)NC(=O)C(N)CCCN=C(N)N)C(=O)O. The van der Waals surface area contributed by atoms with Crippen LogP contribution in [0.3, 0.4) is 0 Å². The third-order valence-electron chi connectivity index (χ3n) is 4.94. The highest BCUT2D eigenvalue weighted by Gasteiger charge is 2.32. The number of nitrogens with zero attached hydrogens (tertiary/aromatic N) is 1. The lowest BCUT2D eigenvalue weighted by atomic mass is 10.1. The number of nitrogens with one attached hydrogen (secondary N) is 3. The van der Waals surface area contributed by atoms with Gasteiger partial charge in [0.05, 0.1) is 12.1 Å². The third kappa shape index (κ3) is 14.2. The minimum absolute atomic E-state index is 0.133. The number of carbonyl (C=O) groups is 6. The van der Waals surface area contributed by atoms with E-state index in [1.54, 1.807) is 0 Å². The fourth-order valence-corrected chi connectivity index (χ4v) is 2.94. The maximum atomic E-state index is 12.9. The van der Waals surface area contributed by atoms with Gasteiger partial charge < -0.3 is 54.2 Å². The van der Waals surface area contributed by atoms with Crippen LogP contribution in [0.15, 0.2) is 4.99 Å². The Labute approximate surface area is 212 Å². The number of nitrogens with two attached hydrogens (primary N) is 4. The highest BCUT2D eigenvalue weighted by atomic mass is 16.4. The second kappa shape index (κ2) is 16.6. The van der Waals surface area contributed by atoms with Gasteiger partial charge in [-0.05, 0) is 32.6 Å². The fourth-order valence-electron chi connectivity index (χ4n) is 2.94. The average Bonchev–Trinajstić information content (AvgIpc) is 2.78. The van der Waals surface area contributed by atoms with E-state index in [1.807, 2.05) is 5.32 Å². The molecule has 0 aliphatic rings. The Hall–Kier alpha value is -3.99. The van der Waals surface area contributed by atoms with Crippen LogP contribution in [0.5, 0.6) is 0 Å². The lowest BCUT2D eigenvalue weighted by Crippen LogP contribution is -2.58. The van der Waals surface area contributed by atoms with Gasteiger partial charge in [-0.1, -0.05) is 0 Å². The molecule has 5 atom stereocenters. The quantitative estimate of drug-likeness (QED) is 0.0453. The Morgan fingerprint density at radius 3 is 1.78 bits per heavy atom. The number of carboxylic acid groups (broad SMARTS) is 2. The minimum Gasteiger partial charge on any atom is -0.481 e. The first kappa shape index (κ1) is 33.0. The standard InChI is InChI=1S/C20H36N8O9/c1-9(29)15(19(36)37)28-18(35)12(5-7-14(31)32)27-17(34)11(4-6-13(22)30)26-16(33)10(21)3-2-8-25-20(23)24/h9-12,15,29H,2-8,21H2,1H3,(H2,22,30)(H,26,33)(H,27,34)(H,28,35)(H,31,32)(H,36,37)(H4,23,24,25). The van der Waals surface area contributed by atoms with Crippen molar-refractivity contribution in [3.63, 3.8) is 0 Å². The molecule has 210 valence electrons. The number of carbonyl (C=O) groups excluding carboxylic acids is 4. The molecule has 17 heteroatoms. The predicted octanol–water partition coefficient (Wildman–Crippen LogP) is -4.58. The fraction of sp³-hybridized carbons (Fsp3) is 0.650. The summed E-state index contributed by atoms with van der Waals surface area (Å²) in [6.07, 6.45) is -2.64. The van der Waals surface area contributed by atoms with Gasteiger partial charge in [-0.3, -0.25) is 29.0 Å². The first-order chi connectivity index (χ1) is 17.1. The van der Waals surface area contributed by atoms with E-state index in [0.29, 0.717) is 6.42 Å². The van der Waals surface area contributed by atoms with E-state index in [4.69, 9.17) is 33.1 Å². The van der Waals surface area contributed by atoms with Crippen LogP contribution in [-0.2, 0) is 28.8 Å². The van der Waals surface area contributed by atoms with Gasteiger partial charge in [-0.2, -0.15) is 0 Å². The molecule has 37 heavy (non-hydrogen) atoms. The van der Waals surface area contributed by atoms with Crippen molar-refractivity contribution in [2.24, 2.45) is 27.9 Å². The second-order valence-corrected chi connectivity index (χ2v) is 8.18. The monoisotopic (exact) mass is 532 g/mol. The summed E-state index contributed by atoms with van der Waals surface area (Å²) in [4.78, 5) is 75.3. The molecular weight excluding hydrogens is 496 g/mol. The van der Waals surface area contributed by atoms with Gasteiger partial charge in [0.25, 0.3) is 0 Å². The van der Waals surface area contributed by atoms with Crippen molar-refractivity contribution in [2.75, 3.05) is 6.54 Å². The Balaban J connectivity index is 5.54. The number of carboxylic acids is 2. The zero-order chi connectivity index (χ0) is 28.7. The molecule has 5 unspecified atom stereocenters. The van der Waals surface area contributed by atoms with E-state index in [-0.39, 0.29) is 31.8 Å². The molecule has 0 aromatic rings. The van der Waals surface area contributed by atoms with Crippen LogP contribution < -0.4 is 38.9 Å². The number of hydrogen-bond donors (Lipinski definition) is 10. The van der Waals surface area contributed by atoms with Crippen molar-refractivity contribution in [1.29, 1.82) is 0 Å². The number of rotatable bonds is 18. The largest absolute Gasteiger partial charge is 0.481 e. The van der Waals surface area contributed by atoms with Gasteiger partial charge in [0, 0.05) is 19.4 Å². The zero-order valence-electron chi connectivity index (χ0n) is 20.4. The summed E-state index contributed by atoms with van der Waals surface area (Å²) in [7, 11) is 0. The van der Waals surface area contributed by atoms with Crippen molar-refractivity contribution >= 4 is 41.5 Å². The molecule has 0 aromatic heterocycles. The van der Waals surface area contributed by atoms with Crippen LogP contribution in [0.2, 0.25) is 0 Å². The summed E-state index contributed by atoms with van der Waals surface area (Å²) in [6, 6.07) is -5.76. The number of primary amides is 1. The van der Waals surface area contributed by atoms with Crippen molar-refractivity contribution in [1.82, 2.24) is 16.0 Å². The van der Waals surface area contributed by atoms with Crippen molar-refractivity contribution in [3.05, 3.63) is 0 Å². The number of guanidine groups is 1. The molecule has 0 aliphatic carbocycles. The first-order valence-electron chi connectivity index (χ1n) is 11.3. The van der Waals surface area contributed by atoms with Crippen molar-refractivity contribution < 1.29 is 44.1 Å². The van der Waals surface area contributed by atoms with E-state index in [2.05, 4.69) is 15.6 Å². The molecule has 0 heterocycles.